The van der Waals surface area contributed by atoms with Crippen LogP contribution in [0.25, 0.3) is 6.08 Å². The Hall–Kier alpha value is -2.60. The average molecular weight is 313 g/mol. The smallest absolute Gasteiger partial charge is 0.363 e. The monoisotopic (exact) mass is 313 g/mol. The third-order valence-electron chi connectivity index (χ3n) is 3.41. The number of esters is 1. The van der Waals surface area contributed by atoms with Crippen LogP contribution < -0.4 is 9.47 Å². The number of ether oxygens (including phenoxy) is 3. The SMILES string of the molecule is Cc1ccsc1C=C1N=C(c2ccc3c(c2)OCO3)OC1=O. The van der Waals surface area contributed by atoms with Gasteiger partial charge >= 0.3 is 5.97 Å². The van der Waals surface area contributed by atoms with Gasteiger partial charge in [0.25, 0.3) is 0 Å². The Morgan fingerprint density at radius 1 is 1.23 bits per heavy atom. The molecule has 3 heterocycles. The molecule has 0 N–H and O–H groups in total. The van der Waals surface area contributed by atoms with Crippen molar-refractivity contribution in [2.75, 3.05) is 6.79 Å². The highest BCUT2D eigenvalue weighted by atomic mass is 32.1. The van der Waals surface area contributed by atoms with Gasteiger partial charge in [0.05, 0.1) is 0 Å². The Kier molecular flexibility index (Phi) is 2.97. The fourth-order valence-electron chi connectivity index (χ4n) is 2.22. The second-order valence-corrected chi connectivity index (χ2v) is 5.82. The van der Waals surface area contributed by atoms with Crippen molar-refractivity contribution >= 4 is 29.3 Å². The van der Waals surface area contributed by atoms with Crippen LogP contribution in [0.5, 0.6) is 11.5 Å². The second kappa shape index (κ2) is 4.99. The van der Waals surface area contributed by atoms with Crippen LogP contribution >= 0.6 is 11.3 Å². The van der Waals surface area contributed by atoms with E-state index in [1.807, 2.05) is 18.4 Å². The first-order valence-electron chi connectivity index (χ1n) is 6.67. The minimum atomic E-state index is -0.444. The second-order valence-electron chi connectivity index (χ2n) is 4.87. The van der Waals surface area contributed by atoms with Crippen molar-refractivity contribution in [2.24, 2.45) is 4.99 Å². The summed E-state index contributed by atoms with van der Waals surface area (Å²) in [5.41, 5.74) is 2.10. The molecular formula is C16H11NO4S. The average Bonchev–Trinajstić information content (AvgIpc) is 3.21. The summed E-state index contributed by atoms with van der Waals surface area (Å²) in [5.74, 6) is 1.14. The number of hydrogen-bond donors (Lipinski definition) is 0. The Morgan fingerprint density at radius 3 is 2.91 bits per heavy atom. The van der Waals surface area contributed by atoms with E-state index in [0.717, 1.165) is 10.4 Å². The molecule has 5 nitrogen and oxygen atoms in total. The number of benzene rings is 1. The minimum Gasteiger partial charge on any atom is -0.454 e. The number of aliphatic imine (C=N–C) groups is 1. The first-order chi connectivity index (χ1) is 10.7. The van der Waals surface area contributed by atoms with Gasteiger partial charge in [-0.25, -0.2) is 9.79 Å². The maximum Gasteiger partial charge on any atom is 0.363 e. The first-order valence-corrected chi connectivity index (χ1v) is 7.55. The summed E-state index contributed by atoms with van der Waals surface area (Å²) in [6.07, 6.45) is 1.75. The zero-order valence-corrected chi connectivity index (χ0v) is 12.5. The van der Waals surface area contributed by atoms with Gasteiger partial charge in [-0.2, -0.15) is 0 Å². The minimum absolute atomic E-state index is 0.202. The highest BCUT2D eigenvalue weighted by Gasteiger charge is 2.26. The van der Waals surface area contributed by atoms with E-state index in [9.17, 15) is 4.79 Å². The van der Waals surface area contributed by atoms with E-state index in [-0.39, 0.29) is 12.7 Å². The molecular weight excluding hydrogens is 302 g/mol. The van der Waals surface area contributed by atoms with Crippen LogP contribution in [0.15, 0.2) is 40.3 Å². The summed E-state index contributed by atoms with van der Waals surface area (Å²) in [4.78, 5) is 17.3. The van der Waals surface area contributed by atoms with E-state index in [1.165, 1.54) is 0 Å². The fraction of sp³-hybridized carbons (Fsp3) is 0.125. The van der Waals surface area contributed by atoms with Gasteiger partial charge in [0, 0.05) is 10.4 Å². The molecule has 0 bridgehead atoms. The molecule has 1 aromatic heterocycles. The first kappa shape index (κ1) is 13.1. The van der Waals surface area contributed by atoms with Crippen LogP contribution in [0.4, 0.5) is 0 Å². The Labute approximate surface area is 130 Å². The number of rotatable bonds is 2. The van der Waals surface area contributed by atoms with Gasteiger partial charge in [-0.3, -0.25) is 0 Å². The van der Waals surface area contributed by atoms with Crippen LogP contribution in [0.1, 0.15) is 16.0 Å². The summed E-state index contributed by atoms with van der Waals surface area (Å²) < 4.78 is 15.8. The number of thiophene rings is 1. The largest absolute Gasteiger partial charge is 0.454 e. The van der Waals surface area contributed by atoms with E-state index in [0.29, 0.717) is 22.8 Å². The van der Waals surface area contributed by atoms with E-state index in [2.05, 4.69) is 4.99 Å². The summed E-state index contributed by atoms with van der Waals surface area (Å²) in [5, 5.41) is 1.98. The normalized spacial score (nSPS) is 17.8. The molecule has 0 saturated carbocycles. The molecule has 6 heteroatoms. The summed E-state index contributed by atoms with van der Waals surface area (Å²) >= 11 is 1.56. The van der Waals surface area contributed by atoms with Gasteiger partial charge in [0.2, 0.25) is 12.7 Å². The number of carbonyl (C=O) groups is 1. The lowest BCUT2D eigenvalue weighted by Crippen LogP contribution is -2.05. The number of fused-ring (bicyclic) bond motifs is 1. The molecule has 110 valence electrons. The van der Waals surface area contributed by atoms with Gasteiger partial charge in [-0.15, -0.1) is 11.3 Å². The molecule has 0 amide bonds. The molecule has 0 radical (unpaired) electrons. The third kappa shape index (κ3) is 2.17. The van der Waals surface area contributed by atoms with Gasteiger partial charge in [-0.1, -0.05) is 0 Å². The number of cyclic esters (lactones) is 1. The Bertz CT molecular complexity index is 834. The molecule has 0 unspecified atom stereocenters. The van der Waals surface area contributed by atoms with Gasteiger partial charge in [-0.05, 0) is 48.2 Å². The predicted molar refractivity (Wildman–Crippen MR) is 82.2 cm³/mol. The zero-order valence-electron chi connectivity index (χ0n) is 11.7. The maximum absolute atomic E-state index is 12.0. The van der Waals surface area contributed by atoms with Crippen molar-refractivity contribution in [2.45, 2.75) is 6.92 Å². The lowest BCUT2D eigenvalue weighted by molar-refractivity contribution is -0.129. The molecule has 0 aliphatic carbocycles. The number of aryl methyl sites for hydroxylation is 1. The van der Waals surface area contributed by atoms with Crippen molar-refractivity contribution in [3.8, 4) is 11.5 Å². The molecule has 0 fully saturated rings. The van der Waals surface area contributed by atoms with Crippen LogP contribution in [0.2, 0.25) is 0 Å². The van der Waals surface area contributed by atoms with Crippen molar-refractivity contribution in [3.63, 3.8) is 0 Å². The molecule has 22 heavy (non-hydrogen) atoms. The molecule has 0 saturated heterocycles. The number of hydrogen-bond acceptors (Lipinski definition) is 6. The standard InChI is InChI=1S/C16H11NO4S/c1-9-4-5-22-14(9)7-11-16(18)21-15(17-11)10-2-3-12-13(6-10)20-8-19-12/h2-7H,8H2,1H3. The van der Waals surface area contributed by atoms with E-state index < -0.39 is 5.97 Å². The zero-order chi connectivity index (χ0) is 15.1. The van der Waals surface area contributed by atoms with Crippen LogP contribution in [0.3, 0.4) is 0 Å². The lowest BCUT2D eigenvalue weighted by Gasteiger charge is -2.01. The van der Waals surface area contributed by atoms with E-state index >= 15 is 0 Å². The van der Waals surface area contributed by atoms with E-state index in [1.54, 1.807) is 35.6 Å². The summed E-state index contributed by atoms with van der Waals surface area (Å²) in [7, 11) is 0. The van der Waals surface area contributed by atoms with Crippen LogP contribution in [-0.2, 0) is 9.53 Å². The van der Waals surface area contributed by atoms with Gasteiger partial charge in [0.1, 0.15) is 0 Å². The Morgan fingerprint density at radius 2 is 2.09 bits per heavy atom. The summed E-state index contributed by atoms with van der Waals surface area (Å²) in [6, 6.07) is 7.33. The third-order valence-corrected chi connectivity index (χ3v) is 4.38. The van der Waals surface area contributed by atoms with E-state index in [4.69, 9.17) is 14.2 Å². The van der Waals surface area contributed by atoms with Crippen molar-refractivity contribution < 1.29 is 19.0 Å². The fourth-order valence-corrected chi connectivity index (χ4v) is 3.07. The predicted octanol–water partition coefficient (Wildman–Crippen LogP) is 3.13. The van der Waals surface area contributed by atoms with Crippen LogP contribution in [0, 0.1) is 6.92 Å². The molecule has 2 aliphatic heterocycles. The molecule has 2 aliphatic rings. The summed E-state index contributed by atoms with van der Waals surface area (Å²) in [6.45, 7) is 2.19. The number of carbonyl (C=O) groups excluding carboxylic acids is 1. The lowest BCUT2D eigenvalue weighted by atomic mass is 10.2. The van der Waals surface area contributed by atoms with Gasteiger partial charge < -0.3 is 14.2 Å². The topological polar surface area (TPSA) is 57.1 Å². The maximum atomic E-state index is 12.0. The highest BCUT2D eigenvalue weighted by Crippen LogP contribution is 2.33. The molecule has 1 aromatic carbocycles. The van der Waals surface area contributed by atoms with Crippen molar-refractivity contribution in [1.82, 2.24) is 0 Å². The quantitative estimate of drug-likeness (QED) is 0.631. The molecule has 0 spiro atoms. The van der Waals surface area contributed by atoms with Crippen molar-refractivity contribution in [1.29, 1.82) is 0 Å². The van der Waals surface area contributed by atoms with Crippen molar-refractivity contribution in [3.05, 3.63) is 51.3 Å². The van der Waals surface area contributed by atoms with Gasteiger partial charge in [0.15, 0.2) is 17.2 Å². The Balaban J connectivity index is 1.69. The highest BCUT2D eigenvalue weighted by molar-refractivity contribution is 7.11. The number of nitrogens with zero attached hydrogens (tertiary/aromatic N) is 1. The molecule has 0 atom stereocenters. The molecule has 4 rings (SSSR count). The van der Waals surface area contributed by atoms with Crippen LogP contribution in [-0.4, -0.2) is 18.7 Å². The molecule has 2 aromatic rings.